The van der Waals surface area contributed by atoms with Crippen molar-refractivity contribution in [2.45, 2.75) is 6.61 Å². The van der Waals surface area contributed by atoms with Crippen LogP contribution in [0.2, 0.25) is 5.02 Å². The second-order valence-electron chi connectivity index (χ2n) is 6.97. The minimum absolute atomic E-state index is 0.0255. The summed E-state index contributed by atoms with van der Waals surface area (Å²) in [7, 11) is 0. The van der Waals surface area contributed by atoms with Crippen LogP contribution >= 0.6 is 11.6 Å². The molecule has 0 saturated carbocycles. The molecule has 0 aliphatic carbocycles. The van der Waals surface area contributed by atoms with Gasteiger partial charge in [-0.3, -0.25) is 9.89 Å². The first-order valence-electron chi connectivity index (χ1n) is 9.30. The topological polar surface area (TPSA) is 61.5 Å². The van der Waals surface area contributed by atoms with Crippen molar-refractivity contribution in [1.29, 1.82) is 0 Å². The third kappa shape index (κ3) is 2.90. The SMILES string of the molecule is O=C(c1[nH]nc2c1COc1ccccc1-2)N1CCN(c2cccc(Cl)c2)CC1. The minimum Gasteiger partial charge on any atom is -0.488 e. The van der Waals surface area contributed by atoms with Gasteiger partial charge in [0.1, 0.15) is 23.7 Å². The van der Waals surface area contributed by atoms with Crippen LogP contribution in [0.25, 0.3) is 11.3 Å². The molecule has 142 valence electrons. The molecule has 1 N–H and O–H groups in total. The molecule has 3 aromatic rings. The van der Waals surface area contributed by atoms with Gasteiger partial charge in [-0.15, -0.1) is 0 Å². The fourth-order valence-electron chi connectivity index (χ4n) is 3.84. The van der Waals surface area contributed by atoms with E-state index in [9.17, 15) is 4.79 Å². The summed E-state index contributed by atoms with van der Waals surface area (Å²) in [6.45, 7) is 3.18. The normalized spacial score (nSPS) is 15.6. The molecule has 2 aromatic carbocycles. The van der Waals surface area contributed by atoms with Gasteiger partial charge in [-0.25, -0.2) is 0 Å². The molecule has 2 aliphatic heterocycles. The third-order valence-electron chi connectivity index (χ3n) is 5.34. The maximum atomic E-state index is 13.1. The molecule has 1 saturated heterocycles. The van der Waals surface area contributed by atoms with Crippen molar-refractivity contribution in [2.24, 2.45) is 0 Å². The summed E-state index contributed by atoms with van der Waals surface area (Å²) in [5.74, 6) is 0.776. The number of amides is 1. The van der Waals surface area contributed by atoms with Crippen LogP contribution < -0.4 is 9.64 Å². The quantitative estimate of drug-likeness (QED) is 0.721. The zero-order valence-corrected chi connectivity index (χ0v) is 15.9. The van der Waals surface area contributed by atoms with Crippen LogP contribution in [0.1, 0.15) is 16.1 Å². The lowest BCUT2D eigenvalue weighted by molar-refractivity contribution is 0.0738. The average Bonchev–Trinajstić information content (AvgIpc) is 3.18. The number of hydrogen-bond donors (Lipinski definition) is 1. The molecule has 1 amide bonds. The molecule has 3 heterocycles. The Balaban J connectivity index is 1.33. The van der Waals surface area contributed by atoms with E-state index in [1.807, 2.05) is 53.4 Å². The van der Waals surface area contributed by atoms with E-state index in [4.69, 9.17) is 16.3 Å². The summed E-state index contributed by atoms with van der Waals surface area (Å²) in [6, 6.07) is 15.6. The lowest BCUT2D eigenvalue weighted by atomic mass is 10.0. The fraction of sp³-hybridized carbons (Fsp3) is 0.238. The number of H-pyrrole nitrogens is 1. The third-order valence-corrected chi connectivity index (χ3v) is 5.57. The molecule has 0 spiro atoms. The van der Waals surface area contributed by atoms with E-state index >= 15 is 0 Å². The van der Waals surface area contributed by atoms with E-state index in [-0.39, 0.29) is 5.91 Å². The highest BCUT2D eigenvalue weighted by Crippen LogP contribution is 2.37. The molecule has 1 aromatic heterocycles. The first-order valence-corrected chi connectivity index (χ1v) is 9.68. The molecule has 28 heavy (non-hydrogen) atoms. The van der Waals surface area contributed by atoms with Gasteiger partial charge < -0.3 is 14.5 Å². The number of fused-ring (bicyclic) bond motifs is 3. The van der Waals surface area contributed by atoms with Crippen LogP contribution in [0.5, 0.6) is 5.75 Å². The number of aromatic amines is 1. The van der Waals surface area contributed by atoms with Gasteiger partial charge in [-0.2, -0.15) is 5.10 Å². The number of para-hydroxylation sites is 1. The predicted molar refractivity (Wildman–Crippen MR) is 108 cm³/mol. The number of nitrogens with zero attached hydrogens (tertiary/aromatic N) is 3. The van der Waals surface area contributed by atoms with Crippen LogP contribution in [0, 0.1) is 0 Å². The number of halogens is 1. The molecule has 0 atom stereocenters. The fourth-order valence-corrected chi connectivity index (χ4v) is 4.03. The molecule has 2 aliphatic rings. The van der Waals surface area contributed by atoms with E-state index in [0.29, 0.717) is 25.4 Å². The van der Waals surface area contributed by atoms with E-state index in [1.165, 1.54) is 0 Å². The van der Waals surface area contributed by atoms with E-state index in [2.05, 4.69) is 15.1 Å². The lowest BCUT2D eigenvalue weighted by Gasteiger charge is -2.36. The standard InChI is InChI=1S/C21H19ClN4O2/c22-14-4-3-5-15(12-14)25-8-10-26(11-9-25)21(27)20-17-13-28-18-7-2-1-6-16(18)19(17)23-24-20/h1-7,12H,8-11,13H2,(H,23,24). The van der Waals surface area contributed by atoms with Crippen LogP contribution in [0.4, 0.5) is 5.69 Å². The summed E-state index contributed by atoms with van der Waals surface area (Å²) in [6.07, 6.45) is 0. The smallest absolute Gasteiger partial charge is 0.272 e. The Hall–Kier alpha value is -2.99. The molecule has 0 bridgehead atoms. The average molecular weight is 395 g/mol. The number of carbonyl (C=O) groups is 1. The number of piperazine rings is 1. The number of anilines is 1. The first-order chi connectivity index (χ1) is 13.7. The number of benzene rings is 2. The van der Waals surface area contributed by atoms with Crippen molar-refractivity contribution in [2.75, 3.05) is 31.1 Å². The maximum Gasteiger partial charge on any atom is 0.272 e. The zero-order chi connectivity index (χ0) is 19.1. The Kier molecular flexibility index (Phi) is 4.20. The van der Waals surface area contributed by atoms with E-state index < -0.39 is 0 Å². The number of nitrogens with one attached hydrogen (secondary N) is 1. The van der Waals surface area contributed by atoms with Crippen LogP contribution in [0.15, 0.2) is 48.5 Å². The number of rotatable bonds is 2. The highest BCUT2D eigenvalue weighted by Gasteiger charge is 2.30. The van der Waals surface area contributed by atoms with E-state index in [1.54, 1.807) is 0 Å². The van der Waals surface area contributed by atoms with Crippen molar-refractivity contribution >= 4 is 23.2 Å². The van der Waals surface area contributed by atoms with Crippen molar-refractivity contribution in [3.63, 3.8) is 0 Å². The van der Waals surface area contributed by atoms with Gasteiger partial charge in [0.15, 0.2) is 0 Å². The maximum absolute atomic E-state index is 13.1. The minimum atomic E-state index is -0.0255. The van der Waals surface area contributed by atoms with Crippen LogP contribution in [-0.2, 0) is 6.61 Å². The van der Waals surface area contributed by atoms with Gasteiger partial charge in [0.05, 0.1) is 0 Å². The summed E-state index contributed by atoms with van der Waals surface area (Å²) in [5, 5.41) is 8.08. The van der Waals surface area contributed by atoms with Gasteiger partial charge in [-0.1, -0.05) is 29.8 Å². The Bertz CT molecular complexity index is 1040. The second kappa shape index (κ2) is 6.87. The highest BCUT2D eigenvalue weighted by molar-refractivity contribution is 6.30. The largest absolute Gasteiger partial charge is 0.488 e. The summed E-state index contributed by atoms with van der Waals surface area (Å²) in [4.78, 5) is 17.2. The van der Waals surface area contributed by atoms with Crippen LogP contribution in [-0.4, -0.2) is 47.2 Å². The number of aromatic nitrogens is 2. The van der Waals surface area contributed by atoms with E-state index in [0.717, 1.165) is 46.4 Å². The first kappa shape index (κ1) is 17.1. The van der Waals surface area contributed by atoms with Crippen molar-refractivity contribution in [1.82, 2.24) is 15.1 Å². The number of ether oxygens (including phenoxy) is 1. The molecular formula is C21H19ClN4O2. The van der Waals surface area contributed by atoms with Gasteiger partial charge in [-0.05, 0) is 30.3 Å². The van der Waals surface area contributed by atoms with Crippen molar-refractivity contribution in [3.8, 4) is 17.0 Å². The van der Waals surface area contributed by atoms with Crippen LogP contribution in [0.3, 0.4) is 0 Å². The molecule has 1 fully saturated rings. The molecule has 0 unspecified atom stereocenters. The summed E-state index contributed by atoms with van der Waals surface area (Å²) in [5.41, 5.74) is 4.18. The Morgan fingerprint density at radius 3 is 2.71 bits per heavy atom. The monoisotopic (exact) mass is 394 g/mol. The lowest BCUT2D eigenvalue weighted by Crippen LogP contribution is -2.49. The zero-order valence-electron chi connectivity index (χ0n) is 15.2. The Morgan fingerprint density at radius 2 is 1.89 bits per heavy atom. The molecule has 5 rings (SSSR count). The molecule has 0 radical (unpaired) electrons. The highest BCUT2D eigenvalue weighted by atomic mass is 35.5. The van der Waals surface area contributed by atoms with Gasteiger partial charge in [0.2, 0.25) is 0 Å². The predicted octanol–water partition coefficient (Wildman–Crippen LogP) is 3.58. The van der Waals surface area contributed by atoms with Crippen molar-refractivity contribution in [3.05, 3.63) is 64.8 Å². The Labute approximate surface area is 167 Å². The van der Waals surface area contributed by atoms with Gasteiger partial charge in [0.25, 0.3) is 5.91 Å². The summed E-state index contributed by atoms with van der Waals surface area (Å²) < 4.78 is 5.82. The second-order valence-corrected chi connectivity index (χ2v) is 7.41. The molecule has 6 nitrogen and oxygen atoms in total. The number of hydrogen-bond acceptors (Lipinski definition) is 4. The van der Waals surface area contributed by atoms with Gasteiger partial charge in [0, 0.05) is 48.0 Å². The Morgan fingerprint density at radius 1 is 1.07 bits per heavy atom. The summed E-state index contributed by atoms with van der Waals surface area (Å²) >= 11 is 6.10. The molecule has 7 heteroatoms. The van der Waals surface area contributed by atoms with Gasteiger partial charge >= 0.3 is 0 Å². The number of carbonyl (C=O) groups excluding carboxylic acids is 1. The molecular weight excluding hydrogens is 376 g/mol. The van der Waals surface area contributed by atoms with Crippen molar-refractivity contribution < 1.29 is 9.53 Å².